The van der Waals surface area contributed by atoms with Crippen LogP contribution >= 0.6 is 0 Å². The zero-order chi connectivity index (χ0) is 15.2. The molecule has 0 saturated carbocycles. The summed E-state index contributed by atoms with van der Waals surface area (Å²) in [6, 6.07) is 5.46. The second-order valence-electron chi connectivity index (χ2n) is 4.83. The van der Waals surface area contributed by atoms with Crippen LogP contribution in [0.4, 0.5) is 4.39 Å². The molecule has 0 aliphatic heterocycles. The molecule has 2 rings (SSSR count). The summed E-state index contributed by atoms with van der Waals surface area (Å²) in [6.45, 7) is 2.38. The standard InChI is InChI=1S/C15H18FN3O2/c1-2-3-14(15(20)21)17-8-11-9-18-19(10-11)13-6-4-12(16)5-7-13/h4-7,9-10,14,17H,2-3,8H2,1H3,(H,20,21). The Morgan fingerprint density at radius 2 is 2.14 bits per heavy atom. The second kappa shape index (κ2) is 6.99. The first kappa shape index (κ1) is 15.2. The highest BCUT2D eigenvalue weighted by Gasteiger charge is 2.15. The predicted octanol–water partition coefficient (Wildman–Crippen LogP) is 2.35. The van der Waals surface area contributed by atoms with Crippen LogP contribution in [-0.2, 0) is 11.3 Å². The molecule has 0 spiro atoms. The number of hydrogen-bond donors (Lipinski definition) is 2. The summed E-state index contributed by atoms with van der Waals surface area (Å²) in [5.74, 6) is -1.14. The third-order valence-electron chi connectivity index (χ3n) is 3.16. The minimum absolute atomic E-state index is 0.295. The molecule has 0 amide bonds. The molecule has 2 aromatic rings. The molecule has 1 aromatic heterocycles. The zero-order valence-electron chi connectivity index (χ0n) is 11.8. The largest absolute Gasteiger partial charge is 0.480 e. The minimum atomic E-state index is -0.845. The molecule has 1 unspecified atom stereocenters. The lowest BCUT2D eigenvalue weighted by Crippen LogP contribution is -2.35. The number of rotatable bonds is 7. The fourth-order valence-corrected chi connectivity index (χ4v) is 2.03. The Balaban J connectivity index is 2.00. The van der Waals surface area contributed by atoms with Gasteiger partial charge in [0.05, 0.1) is 11.9 Å². The lowest BCUT2D eigenvalue weighted by atomic mass is 10.1. The van der Waals surface area contributed by atoms with E-state index in [9.17, 15) is 9.18 Å². The first-order chi connectivity index (χ1) is 10.1. The van der Waals surface area contributed by atoms with E-state index in [0.717, 1.165) is 17.7 Å². The van der Waals surface area contributed by atoms with Crippen LogP contribution in [0, 0.1) is 5.82 Å². The molecule has 5 nitrogen and oxygen atoms in total. The molecule has 0 saturated heterocycles. The summed E-state index contributed by atoms with van der Waals surface area (Å²) in [7, 11) is 0. The van der Waals surface area contributed by atoms with Crippen LogP contribution in [0.1, 0.15) is 25.3 Å². The Morgan fingerprint density at radius 1 is 1.43 bits per heavy atom. The van der Waals surface area contributed by atoms with Gasteiger partial charge in [0.15, 0.2) is 0 Å². The van der Waals surface area contributed by atoms with Gasteiger partial charge in [-0.15, -0.1) is 0 Å². The van der Waals surface area contributed by atoms with Crippen molar-refractivity contribution in [1.29, 1.82) is 0 Å². The van der Waals surface area contributed by atoms with Crippen molar-refractivity contribution in [3.8, 4) is 5.69 Å². The van der Waals surface area contributed by atoms with Crippen LogP contribution in [0.2, 0.25) is 0 Å². The Morgan fingerprint density at radius 3 is 2.76 bits per heavy atom. The van der Waals surface area contributed by atoms with Crippen molar-refractivity contribution >= 4 is 5.97 Å². The number of carboxylic acids is 1. The van der Waals surface area contributed by atoms with Crippen LogP contribution in [0.15, 0.2) is 36.7 Å². The second-order valence-corrected chi connectivity index (χ2v) is 4.83. The Bertz CT molecular complexity index is 595. The fraction of sp³-hybridized carbons (Fsp3) is 0.333. The van der Waals surface area contributed by atoms with E-state index >= 15 is 0 Å². The van der Waals surface area contributed by atoms with Gasteiger partial charge < -0.3 is 10.4 Å². The maximum Gasteiger partial charge on any atom is 0.320 e. The molecule has 0 fully saturated rings. The van der Waals surface area contributed by atoms with Gasteiger partial charge in [-0.25, -0.2) is 9.07 Å². The first-order valence-corrected chi connectivity index (χ1v) is 6.86. The highest BCUT2D eigenvalue weighted by atomic mass is 19.1. The minimum Gasteiger partial charge on any atom is -0.480 e. The van der Waals surface area contributed by atoms with E-state index in [4.69, 9.17) is 5.11 Å². The number of aliphatic carboxylic acids is 1. The number of carbonyl (C=O) groups is 1. The van der Waals surface area contributed by atoms with Gasteiger partial charge in [-0.1, -0.05) is 13.3 Å². The topological polar surface area (TPSA) is 67.2 Å². The number of hydrogen-bond acceptors (Lipinski definition) is 3. The quantitative estimate of drug-likeness (QED) is 0.821. The number of aromatic nitrogens is 2. The molecular weight excluding hydrogens is 273 g/mol. The number of benzene rings is 1. The number of halogens is 1. The van der Waals surface area contributed by atoms with Gasteiger partial charge in [-0.3, -0.25) is 4.79 Å². The Kier molecular flexibility index (Phi) is 5.05. The number of carboxylic acid groups (broad SMARTS) is 1. The molecule has 0 bridgehead atoms. The third kappa shape index (κ3) is 4.13. The summed E-state index contributed by atoms with van der Waals surface area (Å²) in [5.41, 5.74) is 1.63. The summed E-state index contributed by atoms with van der Waals surface area (Å²) in [4.78, 5) is 11.1. The lowest BCUT2D eigenvalue weighted by Gasteiger charge is -2.12. The van der Waals surface area contributed by atoms with Gasteiger partial charge in [0.2, 0.25) is 0 Å². The summed E-state index contributed by atoms with van der Waals surface area (Å²) < 4.78 is 14.5. The Hall–Kier alpha value is -2.21. The molecule has 112 valence electrons. The molecule has 2 N–H and O–H groups in total. The predicted molar refractivity (Wildman–Crippen MR) is 76.7 cm³/mol. The number of nitrogens with one attached hydrogen (secondary N) is 1. The van der Waals surface area contributed by atoms with Gasteiger partial charge >= 0.3 is 5.97 Å². The van der Waals surface area contributed by atoms with E-state index in [2.05, 4.69) is 10.4 Å². The SMILES string of the molecule is CCCC(NCc1cnn(-c2ccc(F)cc2)c1)C(=O)O. The summed E-state index contributed by atoms with van der Waals surface area (Å²) in [6.07, 6.45) is 4.85. The highest BCUT2D eigenvalue weighted by molar-refractivity contribution is 5.73. The Labute approximate surface area is 122 Å². The van der Waals surface area contributed by atoms with E-state index in [1.807, 2.05) is 6.92 Å². The third-order valence-corrected chi connectivity index (χ3v) is 3.16. The normalized spacial score (nSPS) is 12.3. The maximum atomic E-state index is 12.9. The van der Waals surface area contributed by atoms with E-state index in [1.165, 1.54) is 12.1 Å². The lowest BCUT2D eigenvalue weighted by molar-refractivity contribution is -0.139. The van der Waals surface area contributed by atoms with Gasteiger partial charge in [0.1, 0.15) is 11.9 Å². The molecule has 0 radical (unpaired) electrons. The highest BCUT2D eigenvalue weighted by Crippen LogP contribution is 2.10. The number of nitrogens with zero attached hydrogens (tertiary/aromatic N) is 2. The van der Waals surface area contributed by atoms with Gasteiger partial charge in [0.25, 0.3) is 0 Å². The van der Waals surface area contributed by atoms with Gasteiger partial charge in [-0.05, 0) is 30.7 Å². The van der Waals surface area contributed by atoms with Crippen LogP contribution in [0.3, 0.4) is 0 Å². The van der Waals surface area contributed by atoms with E-state index in [1.54, 1.807) is 29.2 Å². The van der Waals surface area contributed by atoms with Crippen molar-refractivity contribution in [1.82, 2.24) is 15.1 Å². The van der Waals surface area contributed by atoms with Crippen molar-refractivity contribution in [3.05, 3.63) is 48.0 Å². The molecule has 1 atom stereocenters. The molecule has 1 heterocycles. The van der Waals surface area contributed by atoms with Crippen molar-refractivity contribution in [2.45, 2.75) is 32.4 Å². The molecule has 6 heteroatoms. The molecule has 0 aliphatic carbocycles. The van der Waals surface area contributed by atoms with Crippen molar-refractivity contribution in [2.24, 2.45) is 0 Å². The van der Waals surface area contributed by atoms with Crippen LogP contribution in [0.25, 0.3) is 5.69 Å². The molecule has 21 heavy (non-hydrogen) atoms. The van der Waals surface area contributed by atoms with Gasteiger partial charge in [-0.2, -0.15) is 5.10 Å². The summed E-state index contributed by atoms with van der Waals surface area (Å²) >= 11 is 0. The van der Waals surface area contributed by atoms with E-state index < -0.39 is 12.0 Å². The average Bonchev–Trinajstić information content (AvgIpc) is 2.92. The molecular formula is C15H18FN3O2. The van der Waals surface area contributed by atoms with Crippen LogP contribution < -0.4 is 5.32 Å². The van der Waals surface area contributed by atoms with E-state index in [0.29, 0.717) is 13.0 Å². The monoisotopic (exact) mass is 291 g/mol. The van der Waals surface area contributed by atoms with Crippen molar-refractivity contribution in [2.75, 3.05) is 0 Å². The smallest absolute Gasteiger partial charge is 0.320 e. The van der Waals surface area contributed by atoms with Crippen molar-refractivity contribution in [3.63, 3.8) is 0 Å². The first-order valence-electron chi connectivity index (χ1n) is 6.86. The van der Waals surface area contributed by atoms with Crippen LogP contribution in [-0.4, -0.2) is 26.9 Å². The maximum absolute atomic E-state index is 12.9. The van der Waals surface area contributed by atoms with Crippen LogP contribution in [0.5, 0.6) is 0 Å². The fourth-order valence-electron chi connectivity index (χ4n) is 2.03. The zero-order valence-corrected chi connectivity index (χ0v) is 11.8. The van der Waals surface area contributed by atoms with Gasteiger partial charge in [0, 0.05) is 18.3 Å². The average molecular weight is 291 g/mol. The van der Waals surface area contributed by atoms with Crippen molar-refractivity contribution < 1.29 is 14.3 Å². The molecule has 0 aliphatic rings. The molecule has 1 aromatic carbocycles. The van der Waals surface area contributed by atoms with E-state index in [-0.39, 0.29) is 5.82 Å². The summed E-state index contributed by atoms with van der Waals surface area (Å²) in [5, 5.41) is 16.3.